The molecule has 0 spiro atoms. The first-order valence-corrected chi connectivity index (χ1v) is 8.64. The summed E-state index contributed by atoms with van der Waals surface area (Å²) in [5.74, 6) is -0.512. The van der Waals surface area contributed by atoms with Crippen LogP contribution in [-0.2, 0) is 4.79 Å². The van der Waals surface area contributed by atoms with Crippen LogP contribution in [0, 0.1) is 5.82 Å². The van der Waals surface area contributed by atoms with Crippen LogP contribution in [0.1, 0.15) is 24.2 Å². The molecule has 1 atom stereocenters. The van der Waals surface area contributed by atoms with Crippen molar-refractivity contribution in [2.24, 2.45) is 0 Å². The molecule has 2 aromatic carbocycles. The van der Waals surface area contributed by atoms with Crippen LogP contribution in [0.25, 0.3) is 0 Å². The van der Waals surface area contributed by atoms with Gasteiger partial charge in [-0.15, -0.1) is 0 Å². The maximum absolute atomic E-state index is 14.0. The lowest BCUT2D eigenvalue weighted by Crippen LogP contribution is -2.54. The van der Waals surface area contributed by atoms with Gasteiger partial charge in [-0.1, -0.05) is 18.2 Å². The summed E-state index contributed by atoms with van der Waals surface area (Å²) < 4.78 is 14.0. The predicted molar refractivity (Wildman–Crippen MR) is 99.9 cm³/mol. The molecule has 2 aromatic rings. The van der Waals surface area contributed by atoms with Gasteiger partial charge in [0.25, 0.3) is 5.91 Å². The molecule has 1 aliphatic heterocycles. The van der Waals surface area contributed by atoms with Crippen LogP contribution < -0.4 is 10.2 Å². The number of piperazine rings is 1. The third-order valence-corrected chi connectivity index (χ3v) is 4.51. The Hall–Kier alpha value is -2.89. The van der Waals surface area contributed by atoms with Gasteiger partial charge in [-0.05, 0) is 37.3 Å². The van der Waals surface area contributed by atoms with E-state index in [9.17, 15) is 14.0 Å². The number of hydrogen-bond acceptors (Lipinski definition) is 3. The molecule has 1 saturated heterocycles. The van der Waals surface area contributed by atoms with Gasteiger partial charge in [-0.2, -0.15) is 0 Å². The smallest absolute Gasteiger partial charge is 0.254 e. The van der Waals surface area contributed by atoms with E-state index in [0.717, 1.165) is 0 Å². The van der Waals surface area contributed by atoms with Crippen LogP contribution in [0.2, 0.25) is 0 Å². The number of benzene rings is 2. The first kappa shape index (κ1) is 17.9. The molecule has 6 heteroatoms. The van der Waals surface area contributed by atoms with Crippen LogP contribution in [-0.4, -0.2) is 42.4 Å². The predicted octanol–water partition coefficient (Wildman–Crippen LogP) is 3.14. The van der Waals surface area contributed by atoms with E-state index in [2.05, 4.69) is 5.32 Å². The maximum atomic E-state index is 14.0. The molecule has 5 nitrogen and oxygen atoms in total. The number of nitrogens with zero attached hydrogens (tertiary/aromatic N) is 2. The minimum absolute atomic E-state index is 0.0553. The van der Waals surface area contributed by atoms with Gasteiger partial charge in [-0.3, -0.25) is 9.59 Å². The number of carbonyl (C=O) groups excluding carboxylic acids is 2. The molecule has 3 rings (SSSR count). The lowest BCUT2D eigenvalue weighted by Gasteiger charge is -2.41. The normalized spacial score (nSPS) is 17.1. The minimum atomic E-state index is -0.248. The number of para-hydroxylation sites is 1. The average molecular weight is 355 g/mol. The number of anilines is 2. The first-order valence-electron chi connectivity index (χ1n) is 8.64. The fourth-order valence-electron chi connectivity index (χ4n) is 3.29. The topological polar surface area (TPSA) is 52.7 Å². The molecule has 0 aliphatic carbocycles. The van der Waals surface area contributed by atoms with Crippen LogP contribution in [0.3, 0.4) is 0 Å². The summed E-state index contributed by atoms with van der Waals surface area (Å²) in [5, 5.41) is 2.69. The molecule has 136 valence electrons. The summed E-state index contributed by atoms with van der Waals surface area (Å²) in [6.07, 6.45) is 0. The van der Waals surface area contributed by atoms with Crippen molar-refractivity contribution in [3.05, 3.63) is 59.9 Å². The Morgan fingerprint density at radius 1 is 1.12 bits per heavy atom. The monoisotopic (exact) mass is 355 g/mol. The maximum Gasteiger partial charge on any atom is 0.254 e. The Bertz CT molecular complexity index is 824. The lowest BCUT2D eigenvalue weighted by molar-refractivity contribution is -0.114. The highest BCUT2D eigenvalue weighted by Gasteiger charge is 2.29. The standard InChI is InChI=1S/C20H22FN3O2/c1-14-13-23(19-9-4-3-8-18(19)21)10-11-24(14)20(26)16-6-5-7-17(12-16)22-15(2)25/h3-9,12,14H,10-11,13H2,1-2H3,(H,22,25)/t14-/m1/s1. The number of hydrogen-bond donors (Lipinski definition) is 1. The molecule has 1 fully saturated rings. The highest BCUT2D eigenvalue weighted by Crippen LogP contribution is 2.23. The zero-order valence-electron chi connectivity index (χ0n) is 14.9. The fraction of sp³-hybridized carbons (Fsp3) is 0.300. The first-order chi connectivity index (χ1) is 12.5. The molecule has 1 heterocycles. The van der Waals surface area contributed by atoms with Crippen molar-refractivity contribution in [3.8, 4) is 0 Å². The van der Waals surface area contributed by atoms with Crippen molar-refractivity contribution in [2.75, 3.05) is 29.9 Å². The molecular weight excluding hydrogens is 333 g/mol. The average Bonchev–Trinajstić information content (AvgIpc) is 2.61. The van der Waals surface area contributed by atoms with Gasteiger partial charge in [0, 0.05) is 43.9 Å². The Labute approximate surface area is 152 Å². The van der Waals surface area contributed by atoms with Crippen LogP contribution in [0.4, 0.5) is 15.8 Å². The molecule has 0 radical (unpaired) electrons. The largest absolute Gasteiger partial charge is 0.365 e. The summed E-state index contributed by atoms with van der Waals surface area (Å²) in [5.41, 5.74) is 1.70. The van der Waals surface area contributed by atoms with Crippen LogP contribution in [0.5, 0.6) is 0 Å². The van der Waals surface area contributed by atoms with Gasteiger partial charge in [0.05, 0.1) is 5.69 Å². The summed E-state index contributed by atoms with van der Waals surface area (Å²) in [4.78, 5) is 27.8. The molecular formula is C20H22FN3O2. The minimum Gasteiger partial charge on any atom is -0.365 e. The second kappa shape index (κ2) is 7.56. The lowest BCUT2D eigenvalue weighted by atomic mass is 10.1. The number of halogens is 1. The van der Waals surface area contributed by atoms with E-state index in [-0.39, 0.29) is 23.7 Å². The van der Waals surface area contributed by atoms with E-state index in [1.54, 1.807) is 41.3 Å². The van der Waals surface area contributed by atoms with E-state index in [4.69, 9.17) is 0 Å². The van der Waals surface area contributed by atoms with Gasteiger partial charge in [0.1, 0.15) is 5.82 Å². The molecule has 0 unspecified atom stereocenters. The van der Waals surface area contributed by atoms with Crippen LogP contribution in [0.15, 0.2) is 48.5 Å². The van der Waals surface area contributed by atoms with Gasteiger partial charge < -0.3 is 15.1 Å². The van der Waals surface area contributed by atoms with E-state index in [1.165, 1.54) is 13.0 Å². The zero-order chi connectivity index (χ0) is 18.7. The second-order valence-electron chi connectivity index (χ2n) is 6.51. The number of nitrogens with one attached hydrogen (secondary N) is 1. The molecule has 0 saturated carbocycles. The highest BCUT2D eigenvalue weighted by molar-refractivity contribution is 5.97. The SMILES string of the molecule is CC(=O)Nc1cccc(C(=O)N2CCN(c3ccccc3F)C[C@H]2C)c1. The Morgan fingerprint density at radius 2 is 1.88 bits per heavy atom. The Morgan fingerprint density at radius 3 is 2.58 bits per heavy atom. The molecule has 2 amide bonds. The van der Waals surface area contributed by atoms with Crippen molar-refractivity contribution in [1.29, 1.82) is 0 Å². The highest BCUT2D eigenvalue weighted by atomic mass is 19.1. The van der Waals surface area contributed by atoms with Crippen molar-refractivity contribution in [3.63, 3.8) is 0 Å². The summed E-state index contributed by atoms with van der Waals surface area (Å²) in [6, 6.07) is 13.6. The molecule has 0 bridgehead atoms. The van der Waals surface area contributed by atoms with Crippen LogP contribution >= 0.6 is 0 Å². The molecule has 1 N–H and O–H groups in total. The Kier molecular flexibility index (Phi) is 5.21. The fourth-order valence-corrected chi connectivity index (χ4v) is 3.29. The van der Waals surface area contributed by atoms with Gasteiger partial charge in [-0.25, -0.2) is 4.39 Å². The number of carbonyl (C=O) groups is 2. The van der Waals surface area contributed by atoms with Crippen molar-refractivity contribution >= 4 is 23.2 Å². The Balaban J connectivity index is 1.72. The zero-order valence-corrected chi connectivity index (χ0v) is 14.9. The van der Waals surface area contributed by atoms with Crippen molar-refractivity contribution in [1.82, 2.24) is 4.90 Å². The third-order valence-electron chi connectivity index (χ3n) is 4.51. The van der Waals surface area contributed by atoms with E-state index >= 15 is 0 Å². The van der Waals surface area contributed by atoms with Gasteiger partial charge in [0.2, 0.25) is 5.91 Å². The summed E-state index contributed by atoms with van der Waals surface area (Å²) >= 11 is 0. The van der Waals surface area contributed by atoms with E-state index < -0.39 is 0 Å². The molecule has 26 heavy (non-hydrogen) atoms. The number of amides is 2. The van der Waals surface area contributed by atoms with Crippen molar-refractivity contribution in [2.45, 2.75) is 19.9 Å². The molecule has 1 aliphatic rings. The summed E-state index contributed by atoms with van der Waals surface area (Å²) in [6.45, 7) is 5.04. The van der Waals surface area contributed by atoms with Crippen molar-refractivity contribution < 1.29 is 14.0 Å². The molecule has 0 aromatic heterocycles. The quantitative estimate of drug-likeness (QED) is 0.920. The van der Waals surface area contributed by atoms with Gasteiger partial charge in [0.15, 0.2) is 0 Å². The second-order valence-corrected chi connectivity index (χ2v) is 6.51. The van der Waals surface area contributed by atoms with Gasteiger partial charge >= 0.3 is 0 Å². The van der Waals surface area contributed by atoms with E-state index in [0.29, 0.717) is 36.6 Å². The summed E-state index contributed by atoms with van der Waals surface area (Å²) in [7, 11) is 0. The van der Waals surface area contributed by atoms with E-state index in [1.807, 2.05) is 17.9 Å². The number of rotatable bonds is 3. The third kappa shape index (κ3) is 3.85.